The summed E-state index contributed by atoms with van der Waals surface area (Å²) in [6, 6.07) is 18.4. The van der Waals surface area contributed by atoms with Crippen LogP contribution in [-0.4, -0.2) is 15.1 Å². The third-order valence-corrected chi connectivity index (χ3v) is 4.25. The summed E-state index contributed by atoms with van der Waals surface area (Å²) in [5, 5.41) is 15.0. The first-order valence-corrected chi connectivity index (χ1v) is 6.96. The lowest BCUT2D eigenvalue weighted by atomic mass is 10.1. The molecular weight excluding hydrogens is 260 g/mol. The third kappa shape index (κ3) is 1.28. The Hall–Kier alpha value is -2.94. The number of rotatable bonds is 0. The second-order valence-electron chi connectivity index (χ2n) is 5.41. The molecule has 2 aromatic heterocycles. The van der Waals surface area contributed by atoms with E-state index in [2.05, 4.69) is 28.2 Å². The van der Waals surface area contributed by atoms with Gasteiger partial charge in [0.1, 0.15) is 0 Å². The summed E-state index contributed by atoms with van der Waals surface area (Å²) in [4.78, 5) is 6.63. The Bertz CT molecular complexity index is 1060. The topological polar surface area (TPSA) is 51.8 Å². The minimum atomic E-state index is 0.287. The molecule has 0 amide bonds. The fraction of sp³-hybridized carbons (Fsp3) is 0. The van der Waals surface area contributed by atoms with Crippen LogP contribution >= 0.6 is 0 Å². The van der Waals surface area contributed by atoms with Crippen LogP contribution in [0, 0.1) is 0 Å². The molecule has 0 aliphatic heterocycles. The van der Waals surface area contributed by atoms with Crippen LogP contribution in [0.1, 0.15) is 0 Å². The number of hydrogen-bond acceptors (Lipinski definition) is 1. The van der Waals surface area contributed by atoms with Gasteiger partial charge in [-0.2, -0.15) is 0 Å². The average molecular weight is 272 g/mol. The van der Waals surface area contributed by atoms with Crippen molar-refractivity contribution in [2.45, 2.75) is 0 Å². The van der Waals surface area contributed by atoms with E-state index >= 15 is 0 Å². The summed E-state index contributed by atoms with van der Waals surface area (Å²) in [5.41, 5.74) is 3.66. The number of hydrogen-bond donors (Lipinski definition) is 3. The lowest BCUT2D eigenvalue weighted by Gasteiger charge is -1.98. The van der Waals surface area contributed by atoms with Gasteiger partial charge >= 0.3 is 0 Å². The summed E-state index contributed by atoms with van der Waals surface area (Å²) in [5.74, 6) is 0.287. The van der Waals surface area contributed by atoms with Crippen molar-refractivity contribution in [3.63, 3.8) is 0 Å². The Balaban J connectivity index is 2.11. The molecule has 3 nitrogen and oxygen atoms in total. The van der Waals surface area contributed by atoms with Crippen molar-refractivity contribution in [1.29, 1.82) is 0 Å². The van der Waals surface area contributed by atoms with Crippen LogP contribution in [0.4, 0.5) is 0 Å². The van der Waals surface area contributed by atoms with Crippen LogP contribution in [-0.2, 0) is 0 Å². The van der Waals surface area contributed by atoms with Crippen molar-refractivity contribution in [2.24, 2.45) is 0 Å². The Kier molecular flexibility index (Phi) is 1.84. The summed E-state index contributed by atoms with van der Waals surface area (Å²) < 4.78 is 0. The summed E-state index contributed by atoms with van der Waals surface area (Å²) in [7, 11) is 0. The zero-order valence-electron chi connectivity index (χ0n) is 11.1. The van der Waals surface area contributed by atoms with Gasteiger partial charge in [-0.3, -0.25) is 0 Å². The fourth-order valence-corrected chi connectivity index (χ4v) is 3.27. The fourth-order valence-electron chi connectivity index (χ4n) is 3.27. The molecule has 3 aromatic carbocycles. The predicted molar refractivity (Wildman–Crippen MR) is 86.8 cm³/mol. The molecule has 0 radical (unpaired) electrons. The van der Waals surface area contributed by atoms with Gasteiger partial charge in [0.2, 0.25) is 0 Å². The van der Waals surface area contributed by atoms with Crippen molar-refractivity contribution in [3.05, 3.63) is 54.6 Å². The van der Waals surface area contributed by atoms with Crippen LogP contribution in [0.5, 0.6) is 5.75 Å². The molecule has 0 saturated heterocycles. The van der Waals surface area contributed by atoms with Crippen LogP contribution < -0.4 is 0 Å². The highest BCUT2D eigenvalue weighted by Gasteiger charge is 2.14. The molecule has 0 spiro atoms. The van der Waals surface area contributed by atoms with Crippen LogP contribution in [0.25, 0.3) is 43.6 Å². The van der Waals surface area contributed by atoms with E-state index in [0.29, 0.717) is 0 Å². The Morgan fingerprint density at radius 2 is 1.10 bits per heavy atom. The van der Waals surface area contributed by atoms with E-state index in [4.69, 9.17) is 0 Å². The highest BCUT2D eigenvalue weighted by atomic mass is 16.3. The molecule has 0 aliphatic carbocycles. The molecule has 0 bridgehead atoms. The SMILES string of the molecule is Oc1c2[nH]c3ccccc3c2cc2c1[nH]c1ccccc12. The van der Waals surface area contributed by atoms with Gasteiger partial charge in [-0.1, -0.05) is 36.4 Å². The molecular formula is C18H12N2O. The number of phenolic OH excluding ortho intramolecular Hbond substituents is 1. The number of H-pyrrole nitrogens is 2. The van der Waals surface area contributed by atoms with Crippen LogP contribution in [0.3, 0.4) is 0 Å². The van der Waals surface area contributed by atoms with Crippen molar-refractivity contribution < 1.29 is 5.11 Å². The molecule has 21 heavy (non-hydrogen) atoms. The monoisotopic (exact) mass is 272 g/mol. The summed E-state index contributed by atoms with van der Waals surface area (Å²) >= 11 is 0. The maximum Gasteiger partial charge on any atom is 0.164 e. The van der Waals surface area contributed by atoms with E-state index in [1.54, 1.807) is 0 Å². The van der Waals surface area contributed by atoms with Gasteiger partial charge in [-0.05, 0) is 18.2 Å². The quantitative estimate of drug-likeness (QED) is 0.377. The van der Waals surface area contributed by atoms with Gasteiger partial charge in [0.15, 0.2) is 5.75 Å². The Labute approximate surface area is 119 Å². The third-order valence-electron chi connectivity index (χ3n) is 4.25. The van der Waals surface area contributed by atoms with Crippen molar-refractivity contribution in [1.82, 2.24) is 9.97 Å². The molecule has 0 saturated carbocycles. The maximum absolute atomic E-state index is 10.6. The lowest BCUT2D eigenvalue weighted by Crippen LogP contribution is -1.74. The first-order chi connectivity index (χ1) is 10.3. The van der Waals surface area contributed by atoms with Crippen molar-refractivity contribution in [3.8, 4) is 5.75 Å². The number of aromatic amines is 2. The standard InChI is InChI=1S/C18H12N2O/c21-18-16-12(10-5-1-3-7-14(10)19-16)9-13-11-6-2-4-8-15(11)20-17(13)18/h1-9,19-21H. The second kappa shape index (κ2) is 3.58. The van der Waals surface area contributed by atoms with Crippen molar-refractivity contribution >= 4 is 43.6 Å². The van der Waals surface area contributed by atoms with Gasteiger partial charge in [0, 0.05) is 32.6 Å². The Morgan fingerprint density at radius 1 is 0.619 bits per heavy atom. The summed E-state index contributed by atoms with van der Waals surface area (Å²) in [6.07, 6.45) is 0. The zero-order chi connectivity index (χ0) is 14.0. The first-order valence-electron chi connectivity index (χ1n) is 6.96. The molecule has 2 heterocycles. The molecule has 0 fully saturated rings. The van der Waals surface area contributed by atoms with Gasteiger partial charge in [0.25, 0.3) is 0 Å². The molecule has 0 atom stereocenters. The number of fused-ring (bicyclic) bond motifs is 6. The van der Waals surface area contributed by atoms with E-state index in [1.165, 1.54) is 0 Å². The number of benzene rings is 3. The predicted octanol–water partition coefficient (Wildman–Crippen LogP) is 4.66. The molecule has 100 valence electrons. The minimum Gasteiger partial charge on any atom is -0.504 e. The van der Waals surface area contributed by atoms with Gasteiger partial charge in [-0.25, -0.2) is 0 Å². The second-order valence-corrected chi connectivity index (χ2v) is 5.41. The molecule has 3 heteroatoms. The Morgan fingerprint density at radius 3 is 1.62 bits per heavy atom. The average Bonchev–Trinajstić information content (AvgIpc) is 3.07. The number of aromatic hydroxyl groups is 1. The molecule has 3 N–H and O–H groups in total. The van der Waals surface area contributed by atoms with E-state index in [-0.39, 0.29) is 5.75 Å². The normalized spacial score (nSPS) is 12.0. The number of nitrogens with one attached hydrogen (secondary N) is 2. The number of aromatic nitrogens is 2. The van der Waals surface area contributed by atoms with Gasteiger partial charge < -0.3 is 15.1 Å². The minimum absolute atomic E-state index is 0.287. The maximum atomic E-state index is 10.6. The van der Waals surface area contributed by atoms with E-state index in [0.717, 1.165) is 43.6 Å². The zero-order valence-corrected chi connectivity index (χ0v) is 11.1. The summed E-state index contributed by atoms with van der Waals surface area (Å²) in [6.45, 7) is 0. The number of para-hydroxylation sites is 2. The smallest absolute Gasteiger partial charge is 0.164 e. The largest absolute Gasteiger partial charge is 0.504 e. The molecule has 5 rings (SSSR count). The van der Waals surface area contributed by atoms with E-state index in [9.17, 15) is 5.11 Å². The molecule has 0 unspecified atom stereocenters. The van der Waals surface area contributed by atoms with Crippen LogP contribution in [0.15, 0.2) is 54.6 Å². The highest BCUT2D eigenvalue weighted by molar-refractivity contribution is 6.20. The van der Waals surface area contributed by atoms with Crippen LogP contribution in [0.2, 0.25) is 0 Å². The lowest BCUT2D eigenvalue weighted by molar-refractivity contribution is 0.486. The highest BCUT2D eigenvalue weighted by Crippen LogP contribution is 2.39. The first kappa shape index (κ1) is 10.8. The van der Waals surface area contributed by atoms with Gasteiger partial charge in [-0.15, -0.1) is 0 Å². The molecule has 0 aliphatic rings. The molecule has 5 aromatic rings. The van der Waals surface area contributed by atoms with E-state index < -0.39 is 0 Å². The number of phenols is 1. The van der Waals surface area contributed by atoms with E-state index in [1.807, 2.05) is 36.4 Å². The van der Waals surface area contributed by atoms with Crippen molar-refractivity contribution in [2.75, 3.05) is 0 Å². The van der Waals surface area contributed by atoms with Gasteiger partial charge in [0.05, 0.1) is 11.0 Å².